The molecular formula is C28H36O2. The minimum absolute atomic E-state index is 0.520. The van der Waals surface area contributed by atoms with E-state index in [9.17, 15) is 0 Å². The molecule has 2 saturated carbocycles. The van der Waals surface area contributed by atoms with Crippen molar-refractivity contribution in [2.45, 2.75) is 64.4 Å². The van der Waals surface area contributed by atoms with E-state index in [1.165, 1.54) is 55.2 Å². The predicted molar refractivity (Wildman–Crippen MR) is 125 cm³/mol. The number of ether oxygens (including phenoxy) is 2. The van der Waals surface area contributed by atoms with Crippen molar-refractivity contribution in [1.82, 2.24) is 0 Å². The summed E-state index contributed by atoms with van der Waals surface area (Å²) < 4.78 is 11.6. The van der Waals surface area contributed by atoms with Crippen LogP contribution in [-0.2, 0) is 4.74 Å². The van der Waals surface area contributed by atoms with Crippen LogP contribution in [0.2, 0.25) is 0 Å². The van der Waals surface area contributed by atoms with Gasteiger partial charge in [-0.2, -0.15) is 0 Å². The van der Waals surface area contributed by atoms with Gasteiger partial charge < -0.3 is 9.47 Å². The fourth-order valence-corrected chi connectivity index (χ4v) is 5.47. The Morgan fingerprint density at radius 3 is 2.20 bits per heavy atom. The van der Waals surface area contributed by atoms with E-state index in [-0.39, 0.29) is 0 Å². The first-order valence-electron chi connectivity index (χ1n) is 11.8. The third kappa shape index (κ3) is 5.16. The van der Waals surface area contributed by atoms with Gasteiger partial charge in [0.1, 0.15) is 12.4 Å². The van der Waals surface area contributed by atoms with Crippen molar-refractivity contribution in [1.29, 1.82) is 0 Å². The number of allylic oxidation sites excluding steroid dienone is 1. The van der Waals surface area contributed by atoms with E-state index in [2.05, 4.69) is 55.5 Å². The molecule has 2 nitrogen and oxygen atoms in total. The zero-order valence-corrected chi connectivity index (χ0v) is 18.6. The first-order valence-corrected chi connectivity index (χ1v) is 11.8. The summed E-state index contributed by atoms with van der Waals surface area (Å²) in [5.41, 5.74) is 4.05. The molecule has 2 heteroatoms. The van der Waals surface area contributed by atoms with Gasteiger partial charge in [-0.05, 0) is 98.9 Å². The fourth-order valence-electron chi connectivity index (χ4n) is 5.47. The van der Waals surface area contributed by atoms with Gasteiger partial charge in [-0.1, -0.05) is 48.6 Å². The lowest BCUT2D eigenvalue weighted by atomic mass is 9.65. The molecule has 2 aliphatic carbocycles. The number of rotatable bonds is 7. The fraction of sp³-hybridized carbons (Fsp3) is 0.500. The standard InChI is InChI=1S/C28H36O2/c1-3-5-18-30-27-15-12-22(13-16-27)21-6-8-23(9-7-21)24-10-11-26-20-28(29-4-2)17-14-25(26)19-24/h3,5-9,12-13,15-16,24-26,28H,4,10-11,14,17-20H2,1-2H3/b5-3+. The molecule has 0 saturated heterocycles. The van der Waals surface area contributed by atoms with Gasteiger partial charge in [0.2, 0.25) is 0 Å². The predicted octanol–water partition coefficient (Wildman–Crippen LogP) is 7.40. The van der Waals surface area contributed by atoms with E-state index in [0.717, 1.165) is 30.1 Å². The SMILES string of the molecule is C/C=C/COc1ccc(-c2ccc(C3CCC4CC(OCC)CCC4C3)cc2)cc1. The Kier molecular flexibility index (Phi) is 7.28. The van der Waals surface area contributed by atoms with E-state index in [4.69, 9.17) is 9.47 Å². The lowest BCUT2D eigenvalue weighted by Crippen LogP contribution is -2.33. The van der Waals surface area contributed by atoms with Crippen molar-refractivity contribution < 1.29 is 9.47 Å². The summed E-state index contributed by atoms with van der Waals surface area (Å²) in [5, 5.41) is 0. The second kappa shape index (κ2) is 10.3. The lowest BCUT2D eigenvalue weighted by Gasteiger charge is -2.42. The second-order valence-corrected chi connectivity index (χ2v) is 8.95. The average Bonchev–Trinajstić information content (AvgIpc) is 2.80. The highest BCUT2D eigenvalue weighted by atomic mass is 16.5. The van der Waals surface area contributed by atoms with E-state index in [0.29, 0.717) is 12.7 Å². The van der Waals surface area contributed by atoms with Gasteiger partial charge in [0.25, 0.3) is 0 Å². The minimum Gasteiger partial charge on any atom is -0.490 e. The number of benzene rings is 2. The first kappa shape index (κ1) is 21.2. The average molecular weight is 405 g/mol. The summed E-state index contributed by atoms with van der Waals surface area (Å²) >= 11 is 0. The van der Waals surface area contributed by atoms with Crippen molar-refractivity contribution in [2.24, 2.45) is 11.8 Å². The molecule has 0 amide bonds. The van der Waals surface area contributed by atoms with Crippen molar-refractivity contribution in [2.75, 3.05) is 13.2 Å². The van der Waals surface area contributed by atoms with Crippen LogP contribution in [0, 0.1) is 11.8 Å². The first-order chi connectivity index (χ1) is 14.8. The Morgan fingerprint density at radius 1 is 0.833 bits per heavy atom. The lowest BCUT2D eigenvalue weighted by molar-refractivity contribution is -0.00955. The normalized spacial score (nSPS) is 26.5. The van der Waals surface area contributed by atoms with Gasteiger partial charge in [0.15, 0.2) is 0 Å². The number of hydrogen-bond acceptors (Lipinski definition) is 2. The minimum atomic E-state index is 0.520. The molecule has 0 aliphatic heterocycles. The molecule has 2 aromatic rings. The molecule has 160 valence electrons. The van der Waals surface area contributed by atoms with E-state index >= 15 is 0 Å². The number of hydrogen-bond donors (Lipinski definition) is 0. The van der Waals surface area contributed by atoms with Crippen LogP contribution in [0.4, 0.5) is 0 Å². The smallest absolute Gasteiger partial charge is 0.119 e. The Morgan fingerprint density at radius 2 is 1.50 bits per heavy atom. The summed E-state index contributed by atoms with van der Waals surface area (Å²) in [5.74, 6) is 3.44. The van der Waals surface area contributed by atoms with Crippen molar-refractivity contribution in [3.05, 3.63) is 66.2 Å². The van der Waals surface area contributed by atoms with Gasteiger partial charge in [0, 0.05) is 6.61 Å². The van der Waals surface area contributed by atoms with Gasteiger partial charge in [0.05, 0.1) is 6.10 Å². The molecule has 4 rings (SSSR count). The summed E-state index contributed by atoms with van der Waals surface area (Å²) in [4.78, 5) is 0. The van der Waals surface area contributed by atoms with E-state index < -0.39 is 0 Å². The largest absolute Gasteiger partial charge is 0.490 e. The third-order valence-corrected chi connectivity index (χ3v) is 7.12. The molecule has 0 spiro atoms. The van der Waals surface area contributed by atoms with Crippen LogP contribution in [0.1, 0.15) is 63.9 Å². The van der Waals surface area contributed by atoms with Crippen molar-refractivity contribution in [3.8, 4) is 16.9 Å². The highest BCUT2D eigenvalue weighted by Gasteiger charge is 2.36. The van der Waals surface area contributed by atoms with Crippen LogP contribution in [0.5, 0.6) is 5.75 Å². The van der Waals surface area contributed by atoms with Crippen LogP contribution in [0.3, 0.4) is 0 Å². The summed E-state index contributed by atoms with van der Waals surface area (Å²) in [6, 6.07) is 17.8. The molecule has 30 heavy (non-hydrogen) atoms. The quantitative estimate of drug-likeness (QED) is 0.448. The van der Waals surface area contributed by atoms with Crippen LogP contribution in [0.15, 0.2) is 60.7 Å². The van der Waals surface area contributed by atoms with Crippen LogP contribution < -0.4 is 4.74 Å². The molecular weight excluding hydrogens is 368 g/mol. The zero-order chi connectivity index (χ0) is 20.8. The van der Waals surface area contributed by atoms with Gasteiger partial charge in [-0.25, -0.2) is 0 Å². The van der Waals surface area contributed by atoms with Gasteiger partial charge in [-0.3, -0.25) is 0 Å². The van der Waals surface area contributed by atoms with Crippen molar-refractivity contribution >= 4 is 0 Å². The molecule has 2 fully saturated rings. The third-order valence-electron chi connectivity index (χ3n) is 7.12. The zero-order valence-electron chi connectivity index (χ0n) is 18.6. The van der Waals surface area contributed by atoms with Crippen molar-refractivity contribution in [3.63, 3.8) is 0 Å². The molecule has 2 aliphatic rings. The molecule has 0 bridgehead atoms. The van der Waals surface area contributed by atoms with Crippen LogP contribution >= 0.6 is 0 Å². The maximum atomic E-state index is 5.92. The topological polar surface area (TPSA) is 18.5 Å². The summed E-state index contributed by atoms with van der Waals surface area (Å²) in [6.07, 6.45) is 12.5. The monoisotopic (exact) mass is 404 g/mol. The Hall–Kier alpha value is -2.06. The molecule has 2 aromatic carbocycles. The molecule has 0 aromatic heterocycles. The van der Waals surface area contributed by atoms with Crippen LogP contribution in [-0.4, -0.2) is 19.3 Å². The Labute approximate surface area is 182 Å². The maximum absolute atomic E-state index is 5.92. The number of fused-ring (bicyclic) bond motifs is 1. The van der Waals surface area contributed by atoms with Gasteiger partial charge in [-0.15, -0.1) is 0 Å². The highest BCUT2D eigenvalue weighted by Crippen LogP contribution is 2.46. The Balaban J connectivity index is 1.35. The van der Waals surface area contributed by atoms with E-state index in [1.807, 2.05) is 19.1 Å². The highest BCUT2D eigenvalue weighted by molar-refractivity contribution is 5.64. The summed E-state index contributed by atoms with van der Waals surface area (Å²) in [6.45, 7) is 5.62. The molecule has 0 radical (unpaired) electrons. The molecule has 4 atom stereocenters. The maximum Gasteiger partial charge on any atom is 0.119 e. The van der Waals surface area contributed by atoms with E-state index in [1.54, 1.807) is 0 Å². The summed E-state index contributed by atoms with van der Waals surface area (Å²) in [7, 11) is 0. The molecule has 4 unspecified atom stereocenters. The van der Waals surface area contributed by atoms with Crippen LogP contribution in [0.25, 0.3) is 11.1 Å². The molecule has 0 N–H and O–H groups in total. The Bertz CT molecular complexity index is 806. The molecule has 0 heterocycles. The second-order valence-electron chi connectivity index (χ2n) is 8.95. The van der Waals surface area contributed by atoms with Gasteiger partial charge >= 0.3 is 0 Å².